The zero-order valence-corrected chi connectivity index (χ0v) is 19.4. The number of aromatic hydroxyl groups is 2. The highest BCUT2D eigenvalue weighted by Gasteiger charge is 2.13. The van der Waals surface area contributed by atoms with Crippen LogP contribution in [-0.2, 0) is 6.42 Å². The van der Waals surface area contributed by atoms with Crippen LogP contribution in [0.2, 0.25) is 0 Å². The van der Waals surface area contributed by atoms with E-state index >= 15 is 0 Å². The molecule has 1 aliphatic rings. The van der Waals surface area contributed by atoms with Crippen molar-refractivity contribution in [1.82, 2.24) is 4.90 Å². The van der Waals surface area contributed by atoms with Crippen LogP contribution in [0, 0.1) is 0 Å². The van der Waals surface area contributed by atoms with Gasteiger partial charge in [-0.1, -0.05) is 55.0 Å². The minimum atomic E-state index is 0.211. The first-order chi connectivity index (χ1) is 16.7. The quantitative estimate of drug-likeness (QED) is 0.341. The van der Waals surface area contributed by atoms with Gasteiger partial charge in [0.15, 0.2) is 0 Å². The van der Waals surface area contributed by atoms with Crippen LogP contribution in [0.3, 0.4) is 0 Å². The van der Waals surface area contributed by atoms with Gasteiger partial charge in [0.25, 0.3) is 0 Å². The van der Waals surface area contributed by atoms with Gasteiger partial charge in [-0.05, 0) is 90.1 Å². The van der Waals surface area contributed by atoms with E-state index < -0.39 is 0 Å². The lowest BCUT2D eigenvalue weighted by Crippen LogP contribution is -2.33. The maximum Gasteiger partial charge on any atom is 0.124 e. The predicted octanol–water partition coefficient (Wildman–Crippen LogP) is 6.37. The number of piperidine rings is 1. The monoisotopic (exact) mass is 453 g/mol. The molecule has 0 amide bonds. The second-order valence-corrected chi connectivity index (χ2v) is 9.09. The molecule has 0 aliphatic carbocycles. The fraction of sp³-hybridized carbons (Fsp3) is 0.267. The molecule has 4 aromatic rings. The molecule has 5 rings (SSSR count). The highest BCUT2D eigenvalue weighted by molar-refractivity contribution is 6.01. The van der Waals surface area contributed by atoms with Crippen molar-refractivity contribution in [1.29, 1.82) is 0 Å². The lowest BCUT2D eigenvalue weighted by atomic mass is 9.92. The molecule has 0 bridgehead atoms. The van der Waals surface area contributed by atoms with Crippen LogP contribution in [-0.4, -0.2) is 41.4 Å². The first-order valence-corrected chi connectivity index (χ1v) is 12.1. The minimum Gasteiger partial charge on any atom is -0.508 e. The summed E-state index contributed by atoms with van der Waals surface area (Å²) in [6, 6.07) is 25.3. The summed E-state index contributed by atoms with van der Waals surface area (Å²) in [5, 5.41) is 22.4. The van der Waals surface area contributed by atoms with Crippen LogP contribution in [0.5, 0.6) is 17.2 Å². The van der Waals surface area contributed by atoms with E-state index in [2.05, 4.69) is 35.2 Å². The molecule has 0 radical (unpaired) electrons. The highest BCUT2D eigenvalue weighted by atomic mass is 16.5. The molecule has 0 spiro atoms. The van der Waals surface area contributed by atoms with Gasteiger partial charge >= 0.3 is 0 Å². The van der Waals surface area contributed by atoms with Gasteiger partial charge in [0.2, 0.25) is 0 Å². The summed E-state index contributed by atoms with van der Waals surface area (Å²) in [6.45, 7) is 4.11. The summed E-state index contributed by atoms with van der Waals surface area (Å²) < 4.78 is 5.98. The second-order valence-electron chi connectivity index (χ2n) is 9.09. The van der Waals surface area contributed by atoms with Crippen molar-refractivity contribution in [2.24, 2.45) is 0 Å². The van der Waals surface area contributed by atoms with Crippen LogP contribution in [0.15, 0.2) is 78.9 Å². The van der Waals surface area contributed by atoms with E-state index in [9.17, 15) is 10.2 Å². The Morgan fingerprint density at radius 3 is 2.26 bits per heavy atom. The van der Waals surface area contributed by atoms with Crippen LogP contribution in [0.4, 0.5) is 0 Å². The lowest BCUT2D eigenvalue weighted by molar-refractivity contribution is 0.183. The van der Waals surface area contributed by atoms with Crippen molar-refractivity contribution in [2.75, 3.05) is 26.2 Å². The topological polar surface area (TPSA) is 52.9 Å². The third kappa shape index (κ3) is 5.02. The summed E-state index contributed by atoms with van der Waals surface area (Å²) >= 11 is 0. The van der Waals surface area contributed by atoms with Crippen LogP contribution < -0.4 is 4.74 Å². The molecule has 4 aromatic carbocycles. The van der Waals surface area contributed by atoms with Gasteiger partial charge < -0.3 is 14.9 Å². The molecule has 4 heteroatoms. The Morgan fingerprint density at radius 1 is 0.735 bits per heavy atom. The zero-order chi connectivity index (χ0) is 23.3. The van der Waals surface area contributed by atoms with Gasteiger partial charge in [0.1, 0.15) is 23.9 Å². The maximum atomic E-state index is 10.6. The Morgan fingerprint density at radius 2 is 1.50 bits per heavy atom. The van der Waals surface area contributed by atoms with E-state index in [1.807, 2.05) is 30.3 Å². The SMILES string of the molecule is Oc1ccc(-c2c(O)ccc3c(Cc4ccc(OCCN5CCCCC5)cc4)cccc23)cc1. The average molecular weight is 454 g/mol. The molecule has 0 unspecified atom stereocenters. The molecule has 1 fully saturated rings. The molecule has 0 saturated carbocycles. The molecule has 0 atom stereocenters. The Balaban J connectivity index is 1.32. The average Bonchev–Trinajstić information content (AvgIpc) is 2.87. The molecule has 1 aliphatic heterocycles. The number of hydrogen-bond acceptors (Lipinski definition) is 4. The number of nitrogens with zero attached hydrogens (tertiary/aromatic N) is 1. The van der Waals surface area contributed by atoms with Gasteiger partial charge in [-0.15, -0.1) is 0 Å². The Kier molecular flexibility index (Phi) is 6.68. The minimum absolute atomic E-state index is 0.211. The van der Waals surface area contributed by atoms with Crippen molar-refractivity contribution >= 4 is 10.8 Å². The molecule has 1 heterocycles. The first-order valence-electron chi connectivity index (χ1n) is 12.1. The van der Waals surface area contributed by atoms with Gasteiger partial charge in [-0.3, -0.25) is 4.90 Å². The number of fused-ring (bicyclic) bond motifs is 1. The predicted molar refractivity (Wildman–Crippen MR) is 138 cm³/mol. The standard InChI is InChI=1S/C30H31NO3/c32-25-11-9-23(10-12-25)30-28-6-4-5-24(27(28)15-16-29(30)33)21-22-7-13-26(14-8-22)34-20-19-31-17-2-1-3-18-31/h4-16,32-33H,1-3,17-21H2. The molecule has 2 N–H and O–H groups in total. The van der Waals surface area contributed by atoms with E-state index in [1.54, 1.807) is 18.2 Å². The summed E-state index contributed by atoms with van der Waals surface area (Å²) in [5.74, 6) is 1.36. The number of rotatable bonds is 7. The van der Waals surface area contributed by atoms with Crippen molar-refractivity contribution in [3.8, 4) is 28.4 Å². The van der Waals surface area contributed by atoms with Crippen molar-refractivity contribution in [2.45, 2.75) is 25.7 Å². The molecular formula is C30H31NO3. The number of phenolic OH excluding ortho intramolecular Hbond substituents is 2. The van der Waals surface area contributed by atoms with E-state index in [0.29, 0.717) is 0 Å². The van der Waals surface area contributed by atoms with E-state index in [0.717, 1.165) is 47.2 Å². The molecule has 34 heavy (non-hydrogen) atoms. The third-order valence-electron chi connectivity index (χ3n) is 6.73. The summed E-state index contributed by atoms with van der Waals surface area (Å²) in [7, 11) is 0. The van der Waals surface area contributed by atoms with Crippen molar-refractivity contribution < 1.29 is 14.9 Å². The van der Waals surface area contributed by atoms with Crippen molar-refractivity contribution in [3.63, 3.8) is 0 Å². The number of likely N-dealkylation sites (tertiary alicyclic amines) is 1. The molecule has 0 aromatic heterocycles. The van der Waals surface area contributed by atoms with Crippen LogP contribution in [0.25, 0.3) is 21.9 Å². The number of hydrogen-bond donors (Lipinski definition) is 2. The third-order valence-corrected chi connectivity index (χ3v) is 6.73. The summed E-state index contributed by atoms with van der Waals surface area (Å²) in [5.41, 5.74) is 4.09. The fourth-order valence-electron chi connectivity index (χ4n) is 4.90. The Hall–Kier alpha value is -3.50. The summed E-state index contributed by atoms with van der Waals surface area (Å²) in [4.78, 5) is 2.49. The summed E-state index contributed by atoms with van der Waals surface area (Å²) in [6.07, 6.45) is 4.76. The maximum absolute atomic E-state index is 10.6. The lowest BCUT2D eigenvalue weighted by Gasteiger charge is -2.26. The second kappa shape index (κ2) is 10.2. The van der Waals surface area contributed by atoms with E-state index in [-0.39, 0.29) is 11.5 Å². The molecular weight excluding hydrogens is 422 g/mol. The van der Waals surface area contributed by atoms with Gasteiger partial charge in [-0.2, -0.15) is 0 Å². The number of ether oxygens (including phenoxy) is 1. The number of phenols is 2. The van der Waals surface area contributed by atoms with E-state index in [1.165, 1.54) is 43.5 Å². The normalized spacial score (nSPS) is 14.4. The van der Waals surface area contributed by atoms with Gasteiger partial charge in [-0.25, -0.2) is 0 Å². The van der Waals surface area contributed by atoms with Gasteiger partial charge in [0, 0.05) is 12.1 Å². The Labute approximate surface area is 201 Å². The van der Waals surface area contributed by atoms with E-state index in [4.69, 9.17) is 4.74 Å². The molecule has 174 valence electrons. The first kappa shape index (κ1) is 22.3. The fourth-order valence-corrected chi connectivity index (χ4v) is 4.90. The van der Waals surface area contributed by atoms with Gasteiger partial charge in [0.05, 0.1) is 0 Å². The molecule has 4 nitrogen and oxygen atoms in total. The van der Waals surface area contributed by atoms with Crippen LogP contribution in [0.1, 0.15) is 30.4 Å². The largest absolute Gasteiger partial charge is 0.508 e. The zero-order valence-electron chi connectivity index (χ0n) is 19.4. The smallest absolute Gasteiger partial charge is 0.124 e. The Bertz CT molecular complexity index is 1240. The molecule has 1 saturated heterocycles. The highest BCUT2D eigenvalue weighted by Crippen LogP contribution is 2.38. The van der Waals surface area contributed by atoms with Crippen LogP contribution >= 0.6 is 0 Å². The number of benzene rings is 4. The van der Waals surface area contributed by atoms with Crippen molar-refractivity contribution in [3.05, 3.63) is 90.0 Å².